The van der Waals surface area contributed by atoms with E-state index in [1.807, 2.05) is 20.8 Å². The van der Waals surface area contributed by atoms with Crippen LogP contribution in [0.2, 0.25) is 0 Å². The second-order valence-corrected chi connectivity index (χ2v) is 4.44. The molecule has 2 N–H and O–H groups in total. The standard InChI is InChI=1S/C10H19NO2/c1-4-9(12)11-8-5-7(6-8)10(2,3)13/h7-8,13H,4-6H2,1-3H3,(H,11,12). The quantitative estimate of drug-likeness (QED) is 0.690. The monoisotopic (exact) mass is 185 g/mol. The van der Waals surface area contributed by atoms with Crippen molar-refractivity contribution in [3.05, 3.63) is 0 Å². The first-order chi connectivity index (χ1) is 5.93. The Bertz CT molecular complexity index is 190. The SMILES string of the molecule is CCC(=O)NC1CC(C(C)(C)O)C1. The van der Waals surface area contributed by atoms with E-state index < -0.39 is 5.60 Å². The maximum atomic E-state index is 11.0. The summed E-state index contributed by atoms with van der Waals surface area (Å²) in [5.74, 6) is 0.453. The molecule has 3 nitrogen and oxygen atoms in total. The zero-order chi connectivity index (χ0) is 10.1. The van der Waals surface area contributed by atoms with Crippen LogP contribution >= 0.6 is 0 Å². The lowest BCUT2D eigenvalue weighted by atomic mass is 9.71. The van der Waals surface area contributed by atoms with Crippen LogP contribution in [0.5, 0.6) is 0 Å². The minimum atomic E-state index is -0.590. The molecule has 0 unspecified atom stereocenters. The molecule has 0 radical (unpaired) electrons. The normalized spacial score (nSPS) is 28.0. The van der Waals surface area contributed by atoms with Gasteiger partial charge in [0.25, 0.3) is 0 Å². The van der Waals surface area contributed by atoms with Gasteiger partial charge in [-0.1, -0.05) is 6.92 Å². The summed E-state index contributed by atoms with van der Waals surface area (Å²) >= 11 is 0. The van der Waals surface area contributed by atoms with Gasteiger partial charge in [0, 0.05) is 12.5 Å². The summed E-state index contributed by atoms with van der Waals surface area (Å²) in [5, 5.41) is 12.6. The summed E-state index contributed by atoms with van der Waals surface area (Å²) in [6.45, 7) is 5.51. The summed E-state index contributed by atoms with van der Waals surface area (Å²) < 4.78 is 0. The van der Waals surface area contributed by atoms with Gasteiger partial charge in [-0.2, -0.15) is 0 Å². The average molecular weight is 185 g/mol. The van der Waals surface area contributed by atoms with Gasteiger partial charge in [0.15, 0.2) is 0 Å². The first-order valence-electron chi connectivity index (χ1n) is 4.95. The molecule has 0 spiro atoms. The van der Waals surface area contributed by atoms with Crippen molar-refractivity contribution >= 4 is 5.91 Å². The Labute approximate surface area is 79.5 Å². The van der Waals surface area contributed by atoms with Crippen LogP contribution in [-0.2, 0) is 4.79 Å². The van der Waals surface area contributed by atoms with Gasteiger partial charge in [0.1, 0.15) is 0 Å². The number of amides is 1. The minimum absolute atomic E-state index is 0.110. The molecule has 0 bridgehead atoms. The Morgan fingerprint density at radius 1 is 1.54 bits per heavy atom. The molecule has 13 heavy (non-hydrogen) atoms. The molecule has 1 amide bonds. The van der Waals surface area contributed by atoms with Crippen LogP contribution in [0.15, 0.2) is 0 Å². The second kappa shape index (κ2) is 3.66. The molecule has 0 atom stereocenters. The maximum Gasteiger partial charge on any atom is 0.219 e. The lowest BCUT2D eigenvalue weighted by Gasteiger charge is -2.42. The molecule has 0 saturated heterocycles. The number of carbonyl (C=O) groups excluding carboxylic acids is 1. The van der Waals surface area contributed by atoms with E-state index in [0.29, 0.717) is 18.4 Å². The van der Waals surface area contributed by atoms with Gasteiger partial charge in [-0.3, -0.25) is 4.79 Å². The van der Waals surface area contributed by atoms with E-state index in [9.17, 15) is 9.90 Å². The van der Waals surface area contributed by atoms with Gasteiger partial charge in [-0.05, 0) is 32.6 Å². The van der Waals surface area contributed by atoms with Gasteiger partial charge in [0.05, 0.1) is 5.60 Å². The van der Waals surface area contributed by atoms with Crippen LogP contribution in [-0.4, -0.2) is 22.7 Å². The van der Waals surface area contributed by atoms with Crippen molar-refractivity contribution in [3.8, 4) is 0 Å². The Kier molecular flexibility index (Phi) is 2.96. The third-order valence-corrected chi connectivity index (χ3v) is 2.82. The van der Waals surface area contributed by atoms with Crippen molar-refractivity contribution in [2.45, 2.75) is 51.7 Å². The molecule has 0 aromatic carbocycles. The van der Waals surface area contributed by atoms with E-state index in [-0.39, 0.29) is 5.91 Å². The van der Waals surface area contributed by atoms with E-state index in [1.54, 1.807) is 0 Å². The van der Waals surface area contributed by atoms with Gasteiger partial charge in [0.2, 0.25) is 5.91 Å². The van der Waals surface area contributed by atoms with Crippen LogP contribution in [0.4, 0.5) is 0 Å². The van der Waals surface area contributed by atoms with E-state index in [1.165, 1.54) is 0 Å². The molecule has 1 aliphatic rings. The zero-order valence-corrected chi connectivity index (χ0v) is 8.63. The first kappa shape index (κ1) is 10.5. The highest BCUT2D eigenvalue weighted by molar-refractivity contribution is 5.75. The number of hydrogen-bond acceptors (Lipinski definition) is 2. The molecule has 1 saturated carbocycles. The highest BCUT2D eigenvalue weighted by Crippen LogP contribution is 2.36. The van der Waals surface area contributed by atoms with Crippen molar-refractivity contribution in [3.63, 3.8) is 0 Å². The molecule has 1 rings (SSSR count). The first-order valence-corrected chi connectivity index (χ1v) is 4.95. The zero-order valence-electron chi connectivity index (χ0n) is 8.63. The minimum Gasteiger partial charge on any atom is -0.390 e. The summed E-state index contributed by atoms with van der Waals surface area (Å²) in [4.78, 5) is 11.0. The summed E-state index contributed by atoms with van der Waals surface area (Å²) in [5.41, 5.74) is -0.590. The van der Waals surface area contributed by atoms with E-state index in [4.69, 9.17) is 0 Å². The number of aliphatic hydroxyl groups is 1. The third kappa shape index (κ3) is 2.69. The number of nitrogens with one attached hydrogen (secondary N) is 1. The van der Waals surface area contributed by atoms with Crippen LogP contribution in [0.3, 0.4) is 0 Å². The lowest BCUT2D eigenvalue weighted by Crippen LogP contribution is -2.50. The summed E-state index contributed by atoms with van der Waals surface area (Å²) in [6.07, 6.45) is 2.37. The highest BCUT2D eigenvalue weighted by atomic mass is 16.3. The Balaban J connectivity index is 2.22. The predicted octanol–water partition coefficient (Wildman–Crippen LogP) is 1.06. The lowest BCUT2D eigenvalue weighted by molar-refractivity contribution is -0.123. The highest BCUT2D eigenvalue weighted by Gasteiger charge is 2.39. The molecule has 0 aliphatic heterocycles. The molecular formula is C10H19NO2. The summed E-state index contributed by atoms with van der Waals surface area (Å²) in [6, 6.07) is 0.295. The Hall–Kier alpha value is -0.570. The van der Waals surface area contributed by atoms with Crippen molar-refractivity contribution < 1.29 is 9.90 Å². The molecule has 0 aromatic rings. The van der Waals surface area contributed by atoms with Crippen LogP contribution in [0, 0.1) is 5.92 Å². The second-order valence-electron chi connectivity index (χ2n) is 4.44. The van der Waals surface area contributed by atoms with E-state index in [2.05, 4.69) is 5.32 Å². The molecule has 3 heteroatoms. The molecule has 0 aromatic heterocycles. The van der Waals surface area contributed by atoms with Crippen molar-refractivity contribution in [2.24, 2.45) is 5.92 Å². The fourth-order valence-electron chi connectivity index (χ4n) is 1.64. The van der Waals surface area contributed by atoms with Gasteiger partial charge < -0.3 is 10.4 Å². The van der Waals surface area contributed by atoms with Crippen molar-refractivity contribution in [2.75, 3.05) is 0 Å². The van der Waals surface area contributed by atoms with Gasteiger partial charge in [-0.25, -0.2) is 0 Å². The number of hydrogen-bond donors (Lipinski definition) is 2. The molecule has 1 fully saturated rings. The van der Waals surface area contributed by atoms with Crippen LogP contribution < -0.4 is 5.32 Å². The molecule has 0 heterocycles. The maximum absolute atomic E-state index is 11.0. The molecular weight excluding hydrogens is 166 g/mol. The van der Waals surface area contributed by atoms with Crippen molar-refractivity contribution in [1.82, 2.24) is 5.32 Å². The predicted molar refractivity (Wildman–Crippen MR) is 51.2 cm³/mol. The average Bonchev–Trinajstić information content (AvgIpc) is 1.92. The fraction of sp³-hybridized carbons (Fsp3) is 0.900. The van der Waals surface area contributed by atoms with Crippen LogP contribution in [0.25, 0.3) is 0 Å². The summed E-state index contributed by atoms with van der Waals surface area (Å²) in [7, 11) is 0. The van der Waals surface area contributed by atoms with E-state index >= 15 is 0 Å². The number of rotatable bonds is 3. The van der Waals surface area contributed by atoms with Crippen molar-refractivity contribution in [1.29, 1.82) is 0 Å². The van der Waals surface area contributed by atoms with Gasteiger partial charge >= 0.3 is 0 Å². The molecule has 1 aliphatic carbocycles. The fourth-order valence-corrected chi connectivity index (χ4v) is 1.64. The largest absolute Gasteiger partial charge is 0.390 e. The Morgan fingerprint density at radius 3 is 2.46 bits per heavy atom. The van der Waals surface area contributed by atoms with Gasteiger partial charge in [-0.15, -0.1) is 0 Å². The van der Waals surface area contributed by atoms with Crippen LogP contribution in [0.1, 0.15) is 40.0 Å². The van der Waals surface area contributed by atoms with E-state index in [0.717, 1.165) is 12.8 Å². The Morgan fingerprint density at radius 2 is 2.08 bits per heavy atom. The molecule has 76 valence electrons. The number of carbonyl (C=O) groups is 1. The smallest absolute Gasteiger partial charge is 0.219 e. The topological polar surface area (TPSA) is 49.3 Å². The third-order valence-electron chi connectivity index (χ3n) is 2.82.